The van der Waals surface area contributed by atoms with Gasteiger partial charge in [0.15, 0.2) is 0 Å². The van der Waals surface area contributed by atoms with Crippen LogP contribution in [0.25, 0.3) is 0 Å². The van der Waals surface area contributed by atoms with E-state index in [2.05, 4.69) is 35.9 Å². The van der Waals surface area contributed by atoms with Gasteiger partial charge in [0.05, 0.1) is 12.1 Å². The Morgan fingerprint density at radius 3 is 2.60 bits per heavy atom. The Morgan fingerprint density at radius 2 is 2.07 bits per heavy atom. The Hall–Kier alpha value is -0.800. The van der Waals surface area contributed by atoms with E-state index >= 15 is 0 Å². The van der Waals surface area contributed by atoms with Crippen molar-refractivity contribution in [2.24, 2.45) is 0 Å². The Morgan fingerprint density at radius 1 is 1.40 bits per heavy atom. The van der Waals surface area contributed by atoms with Gasteiger partial charge >= 0.3 is 0 Å². The molecule has 0 aliphatic carbocycles. The van der Waals surface area contributed by atoms with Gasteiger partial charge in [-0.15, -0.1) is 0 Å². The second-order valence-corrected chi connectivity index (χ2v) is 4.71. The van der Waals surface area contributed by atoms with E-state index in [-0.39, 0.29) is 0 Å². The highest BCUT2D eigenvalue weighted by Crippen LogP contribution is 2.20. The number of β-amino-alcohol motifs (C(OH)–C–C–N with tert-alkyl or cyclic N) is 1. The van der Waals surface area contributed by atoms with E-state index in [9.17, 15) is 5.11 Å². The fraction of sp³-hybridized carbons (Fsp3) is 0.667. The summed E-state index contributed by atoms with van der Waals surface area (Å²) < 4.78 is 2.20. The topological polar surface area (TPSA) is 37.2 Å². The SMILES string of the molecule is Cc1ccc(C)n1CC1(O)CCCNC1. The summed E-state index contributed by atoms with van der Waals surface area (Å²) in [5.41, 5.74) is 1.89. The highest BCUT2D eigenvalue weighted by atomic mass is 16.3. The van der Waals surface area contributed by atoms with Crippen molar-refractivity contribution in [3.63, 3.8) is 0 Å². The lowest BCUT2D eigenvalue weighted by molar-refractivity contribution is -0.0000938. The third-order valence-corrected chi connectivity index (χ3v) is 3.32. The molecular weight excluding hydrogens is 188 g/mol. The Balaban J connectivity index is 2.13. The van der Waals surface area contributed by atoms with E-state index in [1.165, 1.54) is 11.4 Å². The largest absolute Gasteiger partial charge is 0.387 e. The standard InChI is InChI=1S/C12H20N2O/c1-10-4-5-11(2)14(10)9-12(15)6-3-7-13-8-12/h4-5,13,15H,3,6-9H2,1-2H3. The lowest BCUT2D eigenvalue weighted by Gasteiger charge is -2.33. The number of aryl methyl sites for hydroxylation is 2. The van der Waals surface area contributed by atoms with Crippen molar-refractivity contribution in [1.29, 1.82) is 0 Å². The quantitative estimate of drug-likeness (QED) is 0.767. The fourth-order valence-corrected chi connectivity index (χ4v) is 2.33. The highest BCUT2D eigenvalue weighted by molar-refractivity contribution is 5.14. The smallest absolute Gasteiger partial charge is 0.0949 e. The number of rotatable bonds is 2. The number of nitrogens with one attached hydrogen (secondary N) is 1. The van der Waals surface area contributed by atoms with Gasteiger partial charge in [-0.2, -0.15) is 0 Å². The average Bonchev–Trinajstić information content (AvgIpc) is 2.50. The minimum Gasteiger partial charge on any atom is -0.387 e. The van der Waals surface area contributed by atoms with Crippen molar-refractivity contribution in [2.75, 3.05) is 13.1 Å². The number of piperidine rings is 1. The summed E-state index contributed by atoms with van der Waals surface area (Å²) in [4.78, 5) is 0. The van der Waals surface area contributed by atoms with E-state index in [0.29, 0.717) is 13.1 Å². The van der Waals surface area contributed by atoms with Crippen LogP contribution < -0.4 is 5.32 Å². The van der Waals surface area contributed by atoms with Crippen LogP contribution in [0.3, 0.4) is 0 Å². The summed E-state index contributed by atoms with van der Waals surface area (Å²) >= 11 is 0. The lowest BCUT2D eigenvalue weighted by Crippen LogP contribution is -2.48. The Kier molecular flexibility index (Phi) is 2.85. The van der Waals surface area contributed by atoms with E-state index in [4.69, 9.17) is 0 Å². The number of hydrogen-bond donors (Lipinski definition) is 2. The van der Waals surface area contributed by atoms with E-state index < -0.39 is 5.60 Å². The number of hydrogen-bond acceptors (Lipinski definition) is 2. The molecule has 1 unspecified atom stereocenters. The molecule has 3 heteroatoms. The lowest BCUT2D eigenvalue weighted by atomic mass is 9.94. The third-order valence-electron chi connectivity index (χ3n) is 3.32. The molecule has 0 amide bonds. The van der Waals surface area contributed by atoms with Crippen LogP contribution in [0.15, 0.2) is 12.1 Å². The molecule has 1 aromatic rings. The second kappa shape index (κ2) is 3.99. The molecule has 1 saturated heterocycles. The van der Waals surface area contributed by atoms with Gasteiger partial charge < -0.3 is 15.0 Å². The summed E-state index contributed by atoms with van der Waals surface area (Å²) in [7, 11) is 0. The van der Waals surface area contributed by atoms with Crippen LogP contribution in [0.5, 0.6) is 0 Å². The highest BCUT2D eigenvalue weighted by Gasteiger charge is 2.30. The molecule has 0 bridgehead atoms. The van der Waals surface area contributed by atoms with Crippen LogP contribution in [-0.4, -0.2) is 28.4 Å². The normalized spacial score (nSPS) is 26.9. The van der Waals surface area contributed by atoms with Crippen LogP contribution in [0, 0.1) is 13.8 Å². The number of nitrogens with zero attached hydrogens (tertiary/aromatic N) is 1. The minimum absolute atomic E-state index is 0.563. The van der Waals surface area contributed by atoms with E-state index in [0.717, 1.165) is 19.4 Å². The zero-order valence-corrected chi connectivity index (χ0v) is 9.58. The van der Waals surface area contributed by atoms with Crippen molar-refractivity contribution in [3.8, 4) is 0 Å². The van der Waals surface area contributed by atoms with Gasteiger partial charge in [-0.05, 0) is 45.4 Å². The van der Waals surface area contributed by atoms with Crippen molar-refractivity contribution < 1.29 is 5.11 Å². The van der Waals surface area contributed by atoms with Gasteiger partial charge in [0.1, 0.15) is 0 Å². The van der Waals surface area contributed by atoms with Gasteiger partial charge in [0.25, 0.3) is 0 Å². The molecule has 1 aliphatic heterocycles. The van der Waals surface area contributed by atoms with Crippen molar-refractivity contribution in [3.05, 3.63) is 23.5 Å². The van der Waals surface area contributed by atoms with Crippen molar-refractivity contribution >= 4 is 0 Å². The van der Waals surface area contributed by atoms with Gasteiger partial charge in [0.2, 0.25) is 0 Å². The summed E-state index contributed by atoms with van der Waals surface area (Å²) in [5.74, 6) is 0. The minimum atomic E-state index is -0.563. The van der Waals surface area contributed by atoms with Crippen LogP contribution in [0.2, 0.25) is 0 Å². The maximum Gasteiger partial charge on any atom is 0.0949 e. The maximum absolute atomic E-state index is 10.4. The van der Waals surface area contributed by atoms with Crippen LogP contribution in [-0.2, 0) is 6.54 Å². The molecule has 84 valence electrons. The number of aromatic nitrogens is 1. The van der Waals surface area contributed by atoms with E-state index in [1.807, 2.05) is 0 Å². The molecular formula is C12H20N2O. The first-order chi connectivity index (χ1) is 7.11. The summed E-state index contributed by atoms with van der Waals surface area (Å²) in [6, 6.07) is 4.21. The predicted octanol–water partition coefficient (Wildman–Crippen LogP) is 1.22. The Labute approximate surface area is 91.1 Å². The van der Waals surface area contributed by atoms with Gasteiger partial charge in [0, 0.05) is 17.9 Å². The van der Waals surface area contributed by atoms with Crippen LogP contribution in [0.4, 0.5) is 0 Å². The first-order valence-electron chi connectivity index (χ1n) is 5.67. The van der Waals surface area contributed by atoms with Gasteiger partial charge in [-0.3, -0.25) is 0 Å². The summed E-state index contributed by atoms with van der Waals surface area (Å²) in [5, 5.41) is 13.7. The maximum atomic E-state index is 10.4. The third kappa shape index (κ3) is 2.24. The van der Waals surface area contributed by atoms with Crippen molar-refractivity contribution in [2.45, 2.75) is 38.8 Å². The molecule has 1 fully saturated rings. The van der Waals surface area contributed by atoms with Crippen molar-refractivity contribution in [1.82, 2.24) is 9.88 Å². The summed E-state index contributed by atoms with van der Waals surface area (Å²) in [6.07, 6.45) is 1.97. The molecule has 2 heterocycles. The van der Waals surface area contributed by atoms with Crippen LogP contribution in [0.1, 0.15) is 24.2 Å². The molecule has 0 spiro atoms. The zero-order chi connectivity index (χ0) is 10.9. The molecule has 1 aliphatic rings. The predicted molar refractivity (Wildman–Crippen MR) is 61.0 cm³/mol. The molecule has 2 N–H and O–H groups in total. The number of aliphatic hydroxyl groups is 1. The molecule has 1 aromatic heterocycles. The first kappa shape index (κ1) is 10.7. The monoisotopic (exact) mass is 208 g/mol. The molecule has 15 heavy (non-hydrogen) atoms. The van der Waals surface area contributed by atoms with Crippen LogP contribution >= 0.6 is 0 Å². The summed E-state index contributed by atoms with van der Waals surface area (Å²) in [6.45, 7) is 6.64. The average molecular weight is 208 g/mol. The molecule has 3 nitrogen and oxygen atoms in total. The van der Waals surface area contributed by atoms with Gasteiger partial charge in [-0.1, -0.05) is 0 Å². The zero-order valence-electron chi connectivity index (χ0n) is 9.58. The molecule has 2 rings (SSSR count). The van der Waals surface area contributed by atoms with E-state index in [1.54, 1.807) is 0 Å². The molecule has 0 aromatic carbocycles. The first-order valence-corrected chi connectivity index (χ1v) is 5.67. The Bertz CT molecular complexity index is 318. The van der Waals surface area contributed by atoms with Gasteiger partial charge in [-0.25, -0.2) is 0 Å². The molecule has 1 atom stereocenters. The fourth-order valence-electron chi connectivity index (χ4n) is 2.33. The molecule has 0 saturated carbocycles. The second-order valence-electron chi connectivity index (χ2n) is 4.71. The molecule has 0 radical (unpaired) electrons.